The van der Waals surface area contributed by atoms with Gasteiger partial charge < -0.3 is 20.1 Å². The first kappa shape index (κ1) is 19.9. The van der Waals surface area contributed by atoms with Gasteiger partial charge in [0.1, 0.15) is 12.4 Å². The number of fused-ring (bicyclic) bond motifs is 1. The van der Waals surface area contributed by atoms with Crippen molar-refractivity contribution in [1.29, 1.82) is 0 Å². The van der Waals surface area contributed by atoms with Gasteiger partial charge in [0.05, 0.1) is 11.9 Å². The van der Waals surface area contributed by atoms with Crippen LogP contribution in [0.1, 0.15) is 12.5 Å². The predicted molar refractivity (Wildman–Crippen MR) is 115 cm³/mol. The smallest absolute Gasteiger partial charge is 0.246 e. The molecule has 9 heteroatoms. The molecule has 1 saturated heterocycles. The van der Waals surface area contributed by atoms with E-state index in [-0.39, 0.29) is 18.3 Å². The largest absolute Gasteiger partial charge is 0.361 e. The van der Waals surface area contributed by atoms with Crippen LogP contribution in [0.25, 0.3) is 10.9 Å². The number of benzene rings is 1. The van der Waals surface area contributed by atoms with Gasteiger partial charge in [-0.3, -0.25) is 14.5 Å². The lowest BCUT2D eigenvalue weighted by Gasteiger charge is -2.35. The molecule has 2 N–H and O–H groups in total. The molecule has 3 aromatic rings. The van der Waals surface area contributed by atoms with Gasteiger partial charge in [-0.1, -0.05) is 0 Å². The molecule has 0 bridgehead atoms. The summed E-state index contributed by atoms with van der Waals surface area (Å²) in [6.07, 6.45) is 6.14. The number of carbonyl (C=O) groups excluding carboxylic acids is 1. The highest BCUT2D eigenvalue weighted by Gasteiger charge is 2.27. The Morgan fingerprint density at radius 1 is 1.37 bits per heavy atom. The van der Waals surface area contributed by atoms with E-state index in [4.69, 9.17) is 4.99 Å². The first-order valence-electron chi connectivity index (χ1n) is 10.1. The van der Waals surface area contributed by atoms with Gasteiger partial charge >= 0.3 is 0 Å². The van der Waals surface area contributed by atoms with Gasteiger partial charge in [-0.25, -0.2) is 4.39 Å². The summed E-state index contributed by atoms with van der Waals surface area (Å²) in [5.41, 5.74) is 2.76. The summed E-state index contributed by atoms with van der Waals surface area (Å²) >= 11 is 0. The van der Waals surface area contributed by atoms with E-state index >= 15 is 0 Å². The number of aryl methyl sites for hydroxylation is 1. The first-order valence-corrected chi connectivity index (χ1v) is 10.1. The second kappa shape index (κ2) is 8.56. The fraction of sp³-hybridized carbons (Fsp3) is 0.381. The Balaban J connectivity index is 1.42. The van der Waals surface area contributed by atoms with Gasteiger partial charge in [-0.2, -0.15) is 5.10 Å². The van der Waals surface area contributed by atoms with E-state index < -0.39 is 0 Å². The van der Waals surface area contributed by atoms with Crippen LogP contribution in [0.4, 0.5) is 10.1 Å². The average molecular weight is 411 g/mol. The number of rotatable bonds is 5. The molecule has 0 atom stereocenters. The Hall–Kier alpha value is -3.36. The summed E-state index contributed by atoms with van der Waals surface area (Å²) in [7, 11) is 1.84. The van der Waals surface area contributed by atoms with Gasteiger partial charge in [0.2, 0.25) is 5.91 Å². The Kier molecular flexibility index (Phi) is 5.69. The zero-order valence-corrected chi connectivity index (χ0v) is 17.2. The van der Waals surface area contributed by atoms with Crippen molar-refractivity contribution in [3.63, 3.8) is 0 Å². The number of hydrogen-bond acceptors (Lipinski definition) is 3. The Morgan fingerprint density at radius 3 is 2.97 bits per heavy atom. The molecule has 3 heterocycles. The molecule has 0 aliphatic carbocycles. The Bertz CT molecular complexity index is 1070. The maximum Gasteiger partial charge on any atom is 0.246 e. The minimum Gasteiger partial charge on any atom is -0.361 e. The molecule has 1 aliphatic rings. The van der Waals surface area contributed by atoms with Crippen LogP contribution in [0.3, 0.4) is 0 Å². The minimum absolute atomic E-state index is 0.0203. The van der Waals surface area contributed by atoms with Gasteiger partial charge in [0.25, 0.3) is 0 Å². The number of aromatic nitrogens is 3. The lowest BCUT2D eigenvalue weighted by Crippen LogP contribution is -2.55. The Morgan fingerprint density at radius 2 is 2.23 bits per heavy atom. The monoisotopic (exact) mass is 411 g/mol. The van der Waals surface area contributed by atoms with Gasteiger partial charge in [-0.15, -0.1) is 0 Å². The van der Waals surface area contributed by atoms with Crippen LogP contribution in [-0.4, -0.2) is 64.3 Å². The molecule has 8 nitrogen and oxygen atoms in total. The van der Waals surface area contributed by atoms with E-state index in [0.717, 1.165) is 28.1 Å². The molecule has 1 aromatic carbocycles. The highest BCUT2D eigenvalue weighted by molar-refractivity contribution is 5.98. The van der Waals surface area contributed by atoms with E-state index in [9.17, 15) is 9.18 Å². The number of nitrogens with one attached hydrogen (secondary N) is 2. The second-order valence-electron chi connectivity index (χ2n) is 7.33. The fourth-order valence-electron chi connectivity index (χ4n) is 3.74. The zero-order chi connectivity index (χ0) is 21.1. The molecular formula is C21H26FN7O. The van der Waals surface area contributed by atoms with Gasteiger partial charge in [0, 0.05) is 56.5 Å². The molecule has 0 spiro atoms. The van der Waals surface area contributed by atoms with E-state index in [1.165, 1.54) is 6.07 Å². The zero-order valence-electron chi connectivity index (χ0n) is 17.2. The number of H-pyrrole nitrogens is 1. The van der Waals surface area contributed by atoms with E-state index in [0.29, 0.717) is 32.6 Å². The van der Waals surface area contributed by atoms with Crippen LogP contribution in [0, 0.1) is 5.82 Å². The van der Waals surface area contributed by atoms with E-state index in [1.54, 1.807) is 27.9 Å². The minimum atomic E-state index is -0.245. The number of halogens is 1. The van der Waals surface area contributed by atoms with E-state index in [1.807, 2.05) is 31.3 Å². The number of aromatic amines is 1. The summed E-state index contributed by atoms with van der Waals surface area (Å²) in [4.78, 5) is 24.3. The highest BCUT2D eigenvalue weighted by atomic mass is 19.1. The van der Waals surface area contributed by atoms with Crippen LogP contribution >= 0.6 is 0 Å². The number of aliphatic imine (C=N–C) groups is 1. The lowest BCUT2D eigenvalue weighted by atomic mass is 10.1. The van der Waals surface area contributed by atoms with Crippen molar-refractivity contribution in [2.24, 2.45) is 12.0 Å². The molecule has 1 fully saturated rings. The summed E-state index contributed by atoms with van der Waals surface area (Å²) in [5.74, 6) is 0.500. The lowest BCUT2D eigenvalue weighted by molar-refractivity contribution is -0.120. The SMILES string of the molecule is CCNC(=NCCc1c[nH]c2ccc(F)cc12)N1CCN(c2cnn(C)c2)C(=O)C1. The van der Waals surface area contributed by atoms with Crippen LogP contribution in [0.15, 0.2) is 41.8 Å². The number of amides is 1. The number of carbonyl (C=O) groups is 1. The van der Waals surface area contributed by atoms with Crippen molar-refractivity contribution in [2.75, 3.05) is 37.6 Å². The first-order chi connectivity index (χ1) is 14.5. The van der Waals surface area contributed by atoms with Crippen molar-refractivity contribution in [2.45, 2.75) is 13.3 Å². The summed E-state index contributed by atoms with van der Waals surface area (Å²) in [6, 6.07) is 4.74. The topological polar surface area (TPSA) is 81.6 Å². The standard InChI is InChI=1S/C21H26FN7O/c1-3-23-21(24-7-6-15-11-25-19-5-4-16(22)10-18(15)19)28-8-9-29(20(30)14-28)17-12-26-27(2)13-17/h4-5,10-13,25H,3,6-9,14H2,1-2H3,(H,23,24). The van der Waals surface area contributed by atoms with Gasteiger partial charge in [0.15, 0.2) is 5.96 Å². The van der Waals surface area contributed by atoms with E-state index in [2.05, 4.69) is 15.4 Å². The van der Waals surface area contributed by atoms with Crippen LogP contribution in [0.5, 0.6) is 0 Å². The molecule has 1 aliphatic heterocycles. The molecule has 4 rings (SSSR count). The third-order valence-corrected chi connectivity index (χ3v) is 5.23. The Labute approximate surface area is 174 Å². The number of piperazine rings is 1. The predicted octanol–water partition coefficient (Wildman–Crippen LogP) is 1.90. The molecule has 2 aromatic heterocycles. The normalized spacial score (nSPS) is 15.3. The van der Waals surface area contributed by atoms with Crippen LogP contribution in [-0.2, 0) is 18.3 Å². The molecule has 158 valence electrons. The molecule has 0 radical (unpaired) electrons. The summed E-state index contributed by atoms with van der Waals surface area (Å²) in [5, 5.41) is 8.31. The number of anilines is 1. The molecular weight excluding hydrogens is 385 g/mol. The van der Waals surface area contributed by atoms with Crippen molar-refractivity contribution in [3.05, 3.63) is 48.2 Å². The summed E-state index contributed by atoms with van der Waals surface area (Å²) < 4.78 is 15.3. The van der Waals surface area contributed by atoms with Crippen LogP contribution < -0.4 is 10.2 Å². The second-order valence-corrected chi connectivity index (χ2v) is 7.33. The maximum absolute atomic E-state index is 13.6. The van der Waals surface area contributed by atoms with Crippen molar-refractivity contribution < 1.29 is 9.18 Å². The average Bonchev–Trinajstić information content (AvgIpc) is 3.33. The fourth-order valence-corrected chi connectivity index (χ4v) is 3.74. The number of hydrogen-bond donors (Lipinski definition) is 2. The summed E-state index contributed by atoms with van der Waals surface area (Å²) in [6.45, 7) is 4.79. The molecule has 30 heavy (non-hydrogen) atoms. The number of guanidine groups is 1. The highest BCUT2D eigenvalue weighted by Crippen LogP contribution is 2.20. The molecule has 0 saturated carbocycles. The van der Waals surface area contributed by atoms with Crippen molar-refractivity contribution >= 4 is 28.5 Å². The van der Waals surface area contributed by atoms with Crippen LogP contribution in [0.2, 0.25) is 0 Å². The van der Waals surface area contributed by atoms with Crippen molar-refractivity contribution in [1.82, 2.24) is 25.0 Å². The van der Waals surface area contributed by atoms with Crippen molar-refractivity contribution in [3.8, 4) is 0 Å². The quantitative estimate of drug-likeness (QED) is 0.496. The molecule has 1 amide bonds. The number of nitrogens with zero attached hydrogens (tertiary/aromatic N) is 5. The third-order valence-electron chi connectivity index (χ3n) is 5.23. The van der Waals surface area contributed by atoms with Gasteiger partial charge in [-0.05, 0) is 37.1 Å². The molecule has 0 unspecified atom stereocenters. The maximum atomic E-state index is 13.6. The third kappa shape index (κ3) is 4.14.